The van der Waals surface area contributed by atoms with Crippen molar-refractivity contribution in [1.29, 1.82) is 0 Å². The zero-order chi connectivity index (χ0) is 15.4. The van der Waals surface area contributed by atoms with Crippen molar-refractivity contribution in [2.45, 2.75) is 13.8 Å². The first kappa shape index (κ1) is 15.8. The quantitative estimate of drug-likeness (QED) is 0.768. The van der Waals surface area contributed by atoms with Gasteiger partial charge in [-0.05, 0) is 44.2 Å². The van der Waals surface area contributed by atoms with Gasteiger partial charge in [-0.25, -0.2) is 4.99 Å². The van der Waals surface area contributed by atoms with Crippen LogP contribution >= 0.6 is 23.2 Å². The highest BCUT2D eigenvalue weighted by atomic mass is 35.5. The number of ketones is 1. The van der Waals surface area contributed by atoms with Crippen molar-refractivity contribution >= 4 is 46.1 Å². The molecule has 1 aromatic rings. The lowest BCUT2D eigenvalue weighted by Crippen LogP contribution is -2.21. The number of anilines is 1. The molecular weight excluding hydrogens is 307 g/mol. The van der Waals surface area contributed by atoms with Gasteiger partial charge in [0.05, 0.1) is 21.5 Å². The Balaban J connectivity index is 2.26. The molecule has 110 valence electrons. The summed E-state index contributed by atoms with van der Waals surface area (Å²) in [5.74, 6) is -0.294. The Morgan fingerprint density at radius 2 is 1.62 bits per heavy atom. The van der Waals surface area contributed by atoms with E-state index in [1.165, 1.54) is 12.2 Å². The van der Waals surface area contributed by atoms with Crippen molar-refractivity contribution in [2.75, 3.05) is 18.0 Å². The maximum atomic E-state index is 11.4. The zero-order valence-electron chi connectivity index (χ0n) is 11.9. The van der Waals surface area contributed by atoms with Gasteiger partial charge in [0.2, 0.25) is 0 Å². The minimum absolute atomic E-state index is 0.123. The van der Waals surface area contributed by atoms with Gasteiger partial charge in [0.1, 0.15) is 0 Å². The number of allylic oxidation sites excluding steroid dienone is 4. The standard InChI is InChI=1S/C16H16Cl2N2O/c1-3-20(4-2)12-7-5-11(6-8-12)19-15-9-14(18)16(21)10-13(15)17/h5-10H,3-4H2,1-2H3. The van der Waals surface area contributed by atoms with Crippen LogP contribution in [-0.2, 0) is 4.79 Å². The molecular formula is C16H16Cl2N2O. The van der Waals surface area contributed by atoms with Crippen molar-refractivity contribution in [3.63, 3.8) is 0 Å². The van der Waals surface area contributed by atoms with Gasteiger partial charge < -0.3 is 4.90 Å². The number of carbonyl (C=O) groups is 1. The van der Waals surface area contributed by atoms with Gasteiger partial charge >= 0.3 is 0 Å². The van der Waals surface area contributed by atoms with Crippen LogP contribution in [0.2, 0.25) is 0 Å². The van der Waals surface area contributed by atoms with E-state index in [0.717, 1.165) is 24.5 Å². The molecule has 0 saturated heterocycles. The van der Waals surface area contributed by atoms with Crippen LogP contribution in [-0.4, -0.2) is 24.6 Å². The van der Waals surface area contributed by atoms with Crippen molar-refractivity contribution in [1.82, 2.24) is 0 Å². The molecule has 0 amide bonds. The third-order valence-electron chi connectivity index (χ3n) is 3.23. The van der Waals surface area contributed by atoms with Crippen molar-refractivity contribution in [2.24, 2.45) is 4.99 Å². The second-order valence-corrected chi connectivity index (χ2v) is 5.35. The molecule has 0 saturated carbocycles. The Morgan fingerprint density at radius 3 is 2.19 bits per heavy atom. The number of benzene rings is 1. The molecule has 21 heavy (non-hydrogen) atoms. The van der Waals surface area contributed by atoms with Crippen LogP contribution < -0.4 is 4.90 Å². The largest absolute Gasteiger partial charge is 0.372 e. The Bertz CT molecular complexity index is 626. The average molecular weight is 323 g/mol. The highest BCUT2D eigenvalue weighted by Gasteiger charge is 2.15. The second-order valence-electron chi connectivity index (χ2n) is 4.53. The lowest BCUT2D eigenvalue weighted by Gasteiger charge is -2.20. The predicted molar refractivity (Wildman–Crippen MR) is 90.0 cm³/mol. The van der Waals surface area contributed by atoms with E-state index in [4.69, 9.17) is 23.2 Å². The molecule has 0 aromatic heterocycles. The van der Waals surface area contributed by atoms with E-state index in [1.54, 1.807) is 0 Å². The van der Waals surface area contributed by atoms with E-state index in [1.807, 2.05) is 24.3 Å². The molecule has 0 spiro atoms. The molecule has 0 radical (unpaired) electrons. The second kappa shape index (κ2) is 6.92. The summed E-state index contributed by atoms with van der Waals surface area (Å²) in [6.45, 7) is 6.15. The van der Waals surface area contributed by atoms with Crippen molar-refractivity contribution in [3.05, 3.63) is 46.5 Å². The molecule has 0 bridgehead atoms. The fourth-order valence-corrected chi connectivity index (χ4v) is 2.42. The van der Waals surface area contributed by atoms with Crippen LogP contribution in [0.3, 0.4) is 0 Å². The summed E-state index contributed by atoms with van der Waals surface area (Å²) in [5.41, 5.74) is 2.41. The molecule has 0 aliphatic heterocycles. The molecule has 5 heteroatoms. The monoisotopic (exact) mass is 322 g/mol. The summed E-state index contributed by atoms with van der Waals surface area (Å²) in [4.78, 5) is 18.0. The fraction of sp³-hybridized carbons (Fsp3) is 0.250. The molecule has 1 aliphatic rings. The van der Waals surface area contributed by atoms with E-state index in [9.17, 15) is 4.79 Å². The minimum Gasteiger partial charge on any atom is -0.372 e. The van der Waals surface area contributed by atoms with Crippen molar-refractivity contribution in [3.8, 4) is 0 Å². The maximum absolute atomic E-state index is 11.4. The zero-order valence-corrected chi connectivity index (χ0v) is 13.4. The van der Waals surface area contributed by atoms with Crippen LogP contribution in [0, 0.1) is 0 Å². The number of nitrogens with zero attached hydrogens (tertiary/aromatic N) is 2. The summed E-state index contributed by atoms with van der Waals surface area (Å²) in [7, 11) is 0. The number of aliphatic imine (C=N–C) groups is 1. The highest BCUT2D eigenvalue weighted by molar-refractivity contribution is 6.54. The van der Waals surface area contributed by atoms with E-state index in [-0.39, 0.29) is 10.8 Å². The fourth-order valence-electron chi connectivity index (χ4n) is 2.07. The molecule has 1 aromatic carbocycles. The molecule has 0 fully saturated rings. The Morgan fingerprint density at radius 1 is 1.00 bits per heavy atom. The first-order valence-electron chi connectivity index (χ1n) is 6.78. The van der Waals surface area contributed by atoms with Gasteiger partial charge in [0.25, 0.3) is 0 Å². The highest BCUT2D eigenvalue weighted by Crippen LogP contribution is 2.24. The van der Waals surface area contributed by atoms with Crippen LogP contribution in [0.15, 0.2) is 51.5 Å². The lowest BCUT2D eigenvalue weighted by atomic mass is 10.1. The molecule has 0 unspecified atom stereocenters. The average Bonchev–Trinajstić information content (AvgIpc) is 2.48. The molecule has 3 nitrogen and oxygen atoms in total. The maximum Gasteiger partial charge on any atom is 0.198 e. The Labute approximate surface area is 134 Å². The van der Waals surface area contributed by atoms with Gasteiger partial charge in [-0.2, -0.15) is 0 Å². The van der Waals surface area contributed by atoms with E-state index in [2.05, 4.69) is 23.7 Å². The number of carbonyl (C=O) groups excluding carboxylic acids is 1. The lowest BCUT2D eigenvalue weighted by molar-refractivity contribution is -0.110. The molecule has 1 aliphatic carbocycles. The first-order valence-corrected chi connectivity index (χ1v) is 7.53. The van der Waals surface area contributed by atoms with Gasteiger partial charge in [-0.15, -0.1) is 0 Å². The van der Waals surface area contributed by atoms with Gasteiger partial charge in [0.15, 0.2) is 5.78 Å². The minimum atomic E-state index is -0.294. The van der Waals surface area contributed by atoms with Gasteiger partial charge in [-0.1, -0.05) is 23.2 Å². The Hall–Kier alpha value is -1.58. The van der Waals surface area contributed by atoms with E-state index >= 15 is 0 Å². The topological polar surface area (TPSA) is 32.7 Å². The van der Waals surface area contributed by atoms with Gasteiger partial charge in [-0.3, -0.25) is 4.79 Å². The van der Waals surface area contributed by atoms with Crippen molar-refractivity contribution < 1.29 is 4.79 Å². The van der Waals surface area contributed by atoms with Crippen LogP contribution in [0.25, 0.3) is 0 Å². The summed E-state index contributed by atoms with van der Waals surface area (Å²) < 4.78 is 0. The summed E-state index contributed by atoms with van der Waals surface area (Å²) in [5, 5.41) is 0.426. The summed E-state index contributed by atoms with van der Waals surface area (Å²) >= 11 is 11.8. The third-order valence-corrected chi connectivity index (χ3v) is 3.83. The molecule has 0 N–H and O–H groups in total. The predicted octanol–water partition coefficient (Wildman–Crippen LogP) is 4.43. The first-order chi connectivity index (χ1) is 10.0. The Kier molecular flexibility index (Phi) is 5.21. The number of hydrogen-bond acceptors (Lipinski definition) is 3. The molecule has 2 rings (SSSR count). The van der Waals surface area contributed by atoms with Gasteiger partial charge in [0, 0.05) is 24.9 Å². The van der Waals surface area contributed by atoms with Crippen LogP contribution in [0.1, 0.15) is 13.8 Å². The van der Waals surface area contributed by atoms with Crippen LogP contribution in [0.5, 0.6) is 0 Å². The number of hydrogen-bond donors (Lipinski definition) is 0. The van der Waals surface area contributed by atoms with E-state index < -0.39 is 0 Å². The summed E-state index contributed by atoms with van der Waals surface area (Å²) in [6.07, 6.45) is 2.78. The number of halogens is 2. The summed E-state index contributed by atoms with van der Waals surface area (Å²) in [6, 6.07) is 7.87. The van der Waals surface area contributed by atoms with Crippen LogP contribution in [0.4, 0.5) is 11.4 Å². The van der Waals surface area contributed by atoms with E-state index in [0.29, 0.717) is 10.7 Å². The molecule has 0 atom stereocenters. The number of rotatable bonds is 4. The normalized spacial score (nSPS) is 16.8. The molecule has 0 heterocycles. The smallest absolute Gasteiger partial charge is 0.198 e. The SMILES string of the molecule is CCN(CC)c1ccc(N=C2C=C(Cl)C(=O)C=C2Cl)cc1. The third kappa shape index (κ3) is 3.74.